The van der Waals surface area contributed by atoms with Crippen molar-refractivity contribution >= 4 is 34.7 Å². The van der Waals surface area contributed by atoms with E-state index in [0.29, 0.717) is 10.9 Å². The third-order valence-electron chi connectivity index (χ3n) is 3.70. The Bertz CT molecular complexity index is 446. The van der Waals surface area contributed by atoms with Gasteiger partial charge in [-0.3, -0.25) is 0 Å². The molecule has 1 aromatic carbocycles. The lowest BCUT2D eigenvalue weighted by molar-refractivity contribution is 0.473. The fourth-order valence-corrected chi connectivity index (χ4v) is 3.54. The molecule has 118 valence electrons. The van der Waals surface area contributed by atoms with Gasteiger partial charge in [0.2, 0.25) is 0 Å². The summed E-state index contributed by atoms with van der Waals surface area (Å²) >= 11 is 7.04. The molecule has 0 saturated carbocycles. The first-order chi connectivity index (χ1) is 10.1. The van der Waals surface area contributed by atoms with E-state index in [4.69, 9.17) is 18.0 Å². The van der Waals surface area contributed by atoms with Crippen molar-refractivity contribution in [2.75, 3.05) is 17.6 Å². The third kappa shape index (κ3) is 5.87. The number of anilines is 1. The lowest BCUT2D eigenvalue weighted by atomic mass is 9.99. The standard InChI is InChI=1S/C17H28N2S2/c1-4-7-9-13(5-2)12-19-14-10-8-11-15(21-6-3)16(14)17(18)20/h8,10-11,13,19H,4-7,9,12H2,1-3H3,(H2,18,20). The average molecular weight is 325 g/mol. The summed E-state index contributed by atoms with van der Waals surface area (Å²) in [5.41, 5.74) is 8.03. The van der Waals surface area contributed by atoms with Gasteiger partial charge in [0.05, 0.1) is 0 Å². The first kappa shape index (κ1) is 18.3. The fraction of sp³-hybridized carbons (Fsp3) is 0.588. The monoisotopic (exact) mass is 324 g/mol. The van der Waals surface area contributed by atoms with Crippen LogP contribution in [0.5, 0.6) is 0 Å². The summed E-state index contributed by atoms with van der Waals surface area (Å²) < 4.78 is 0. The van der Waals surface area contributed by atoms with Gasteiger partial charge in [-0.15, -0.1) is 11.8 Å². The quantitative estimate of drug-likeness (QED) is 0.466. The summed E-state index contributed by atoms with van der Waals surface area (Å²) in [6.45, 7) is 7.65. The number of nitrogens with one attached hydrogen (secondary N) is 1. The summed E-state index contributed by atoms with van der Waals surface area (Å²) in [6.07, 6.45) is 5.05. The highest BCUT2D eigenvalue weighted by atomic mass is 32.2. The van der Waals surface area contributed by atoms with Crippen molar-refractivity contribution in [3.63, 3.8) is 0 Å². The van der Waals surface area contributed by atoms with E-state index in [0.717, 1.165) is 23.5 Å². The SMILES string of the molecule is CCCCC(CC)CNc1cccc(SCC)c1C(N)=S. The van der Waals surface area contributed by atoms with Crippen molar-refractivity contribution in [3.05, 3.63) is 23.8 Å². The molecule has 0 heterocycles. The highest BCUT2D eigenvalue weighted by Gasteiger charge is 2.12. The summed E-state index contributed by atoms with van der Waals surface area (Å²) in [5, 5.41) is 3.57. The normalized spacial score (nSPS) is 12.1. The van der Waals surface area contributed by atoms with Crippen molar-refractivity contribution < 1.29 is 0 Å². The minimum absolute atomic E-state index is 0.482. The van der Waals surface area contributed by atoms with Gasteiger partial charge in [-0.2, -0.15) is 0 Å². The minimum Gasteiger partial charge on any atom is -0.389 e. The lowest BCUT2D eigenvalue weighted by Crippen LogP contribution is -2.18. The predicted octanol–water partition coefficient (Wildman–Crippen LogP) is 5.06. The molecule has 3 N–H and O–H groups in total. The number of hydrogen-bond donors (Lipinski definition) is 2. The van der Waals surface area contributed by atoms with Gasteiger partial charge in [-0.05, 0) is 30.2 Å². The van der Waals surface area contributed by atoms with E-state index in [1.165, 1.54) is 30.6 Å². The molecule has 0 saturated heterocycles. The zero-order chi connectivity index (χ0) is 15.7. The molecule has 21 heavy (non-hydrogen) atoms. The Labute approximate surface area is 139 Å². The van der Waals surface area contributed by atoms with Gasteiger partial charge in [0, 0.05) is 22.7 Å². The highest BCUT2D eigenvalue weighted by molar-refractivity contribution is 7.99. The molecule has 0 radical (unpaired) electrons. The van der Waals surface area contributed by atoms with Crippen molar-refractivity contribution in [2.45, 2.75) is 51.3 Å². The van der Waals surface area contributed by atoms with E-state index in [1.807, 2.05) is 0 Å². The van der Waals surface area contributed by atoms with Crippen LogP contribution in [0.25, 0.3) is 0 Å². The maximum absolute atomic E-state index is 5.94. The van der Waals surface area contributed by atoms with E-state index in [1.54, 1.807) is 11.8 Å². The van der Waals surface area contributed by atoms with Gasteiger partial charge < -0.3 is 11.1 Å². The molecular formula is C17H28N2S2. The number of rotatable bonds is 10. The molecule has 0 bridgehead atoms. The number of nitrogens with two attached hydrogens (primary N) is 1. The van der Waals surface area contributed by atoms with Gasteiger partial charge in [-0.1, -0.05) is 58.3 Å². The Hall–Kier alpha value is -0.740. The van der Waals surface area contributed by atoms with Crippen LogP contribution in [0.2, 0.25) is 0 Å². The largest absolute Gasteiger partial charge is 0.389 e. The van der Waals surface area contributed by atoms with Crippen LogP contribution in [0, 0.1) is 5.92 Å². The maximum Gasteiger partial charge on any atom is 0.107 e. The van der Waals surface area contributed by atoms with Crippen LogP contribution in [0.1, 0.15) is 52.0 Å². The number of thiocarbonyl (C=S) groups is 1. The second-order valence-electron chi connectivity index (χ2n) is 5.27. The summed E-state index contributed by atoms with van der Waals surface area (Å²) in [4.78, 5) is 1.66. The molecule has 1 atom stereocenters. The average Bonchev–Trinajstić information content (AvgIpc) is 2.47. The Morgan fingerprint density at radius 3 is 2.67 bits per heavy atom. The van der Waals surface area contributed by atoms with Gasteiger partial charge >= 0.3 is 0 Å². The minimum atomic E-state index is 0.482. The molecule has 0 aromatic heterocycles. The first-order valence-corrected chi connectivity index (χ1v) is 9.32. The maximum atomic E-state index is 5.94. The van der Waals surface area contributed by atoms with Crippen molar-refractivity contribution in [1.29, 1.82) is 0 Å². The van der Waals surface area contributed by atoms with Crippen molar-refractivity contribution in [1.82, 2.24) is 0 Å². The Morgan fingerprint density at radius 2 is 2.10 bits per heavy atom. The zero-order valence-corrected chi connectivity index (χ0v) is 15.1. The molecule has 0 aliphatic carbocycles. The summed E-state index contributed by atoms with van der Waals surface area (Å²) in [7, 11) is 0. The van der Waals surface area contributed by atoms with Gasteiger partial charge in [0.15, 0.2) is 0 Å². The van der Waals surface area contributed by atoms with E-state index in [9.17, 15) is 0 Å². The highest BCUT2D eigenvalue weighted by Crippen LogP contribution is 2.29. The van der Waals surface area contributed by atoms with E-state index in [2.05, 4.69) is 44.3 Å². The van der Waals surface area contributed by atoms with Crippen LogP contribution >= 0.6 is 24.0 Å². The van der Waals surface area contributed by atoms with Crippen LogP contribution in [0.4, 0.5) is 5.69 Å². The molecule has 1 unspecified atom stereocenters. The zero-order valence-electron chi connectivity index (χ0n) is 13.4. The Balaban J connectivity index is 2.82. The molecule has 2 nitrogen and oxygen atoms in total. The molecule has 0 fully saturated rings. The third-order valence-corrected chi connectivity index (χ3v) is 4.84. The van der Waals surface area contributed by atoms with Crippen molar-refractivity contribution in [3.8, 4) is 0 Å². The van der Waals surface area contributed by atoms with E-state index < -0.39 is 0 Å². The topological polar surface area (TPSA) is 38.0 Å². The van der Waals surface area contributed by atoms with E-state index >= 15 is 0 Å². The molecule has 0 amide bonds. The van der Waals surface area contributed by atoms with Gasteiger partial charge in [0.25, 0.3) is 0 Å². The number of hydrogen-bond acceptors (Lipinski definition) is 3. The molecular weight excluding hydrogens is 296 g/mol. The molecule has 1 aromatic rings. The van der Waals surface area contributed by atoms with Crippen LogP contribution in [-0.4, -0.2) is 17.3 Å². The number of benzene rings is 1. The van der Waals surface area contributed by atoms with Crippen LogP contribution < -0.4 is 11.1 Å². The summed E-state index contributed by atoms with van der Waals surface area (Å²) in [6, 6.07) is 6.26. The van der Waals surface area contributed by atoms with E-state index in [-0.39, 0.29) is 0 Å². The molecule has 1 rings (SSSR count). The van der Waals surface area contributed by atoms with Crippen LogP contribution in [0.3, 0.4) is 0 Å². The van der Waals surface area contributed by atoms with Gasteiger partial charge in [0.1, 0.15) is 4.99 Å². The lowest BCUT2D eigenvalue weighted by Gasteiger charge is -2.19. The molecule has 0 spiro atoms. The fourth-order valence-electron chi connectivity index (χ4n) is 2.41. The Kier molecular flexibility index (Phi) is 8.77. The second-order valence-corrected chi connectivity index (χ2v) is 7.02. The van der Waals surface area contributed by atoms with Gasteiger partial charge in [-0.25, -0.2) is 0 Å². The van der Waals surface area contributed by atoms with Crippen LogP contribution in [0.15, 0.2) is 23.1 Å². The summed E-state index contributed by atoms with van der Waals surface area (Å²) in [5.74, 6) is 1.74. The smallest absolute Gasteiger partial charge is 0.107 e. The number of unbranched alkanes of at least 4 members (excludes halogenated alkanes) is 1. The van der Waals surface area contributed by atoms with Crippen LogP contribution in [-0.2, 0) is 0 Å². The number of thioether (sulfide) groups is 1. The van der Waals surface area contributed by atoms with Crippen molar-refractivity contribution in [2.24, 2.45) is 11.7 Å². The predicted molar refractivity (Wildman–Crippen MR) is 101 cm³/mol. The Morgan fingerprint density at radius 1 is 1.33 bits per heavy atom. The second kappa shape index (κ2) is 10.1. The first-order valence-electron chi connectivity index (χ1n) is 7.93. The molecule has 0 aliphatic heterocycles. The molecule has 4 heteroatoms. The molecule has 0 aliphatic rings.